The summed E-state index contributed by atoms with van der Waals surface area (Å²) in [6.07, 6.45) is 1.01. The maximum Gasteiger partial charge on any atom is 0.347 e. The molecule has 0 spiro atoms. The first-order chi connectivity index (χ1) is 8.44. The van der Waals surface area contributed by atoms with Gasteiger partial charge in [0.1, 0.15) is 5.78 Å². The number of carbonyl (C=O) groups is 3. The normalized spacial score (nSPS) is 12.1. The third kappa shape index (κ3) is 6.37. The van der Waals surface area contributed by atoms with Crippen LogP contribution in [0.5, 0.6) is 0 Å². The van der Waals surface area contributed by atoms with Gasteiger partial charge in [-0.25, -0.2) is 4.79 Å². The van der Waals surface area contributed by atoms with Crippen LogP contribution in [0.25, 0.3) is 0 Å². The molecule has 104 valence electrons. The highest BCUT2D eigenvalue weighted by Crippen LogP contribution is 2.15. The van der Waals surface area contributed by atoms with Crippen molar-refractivity contribution in [3.63, 3.8) is 0 Å². The van der Waals surface area contributed by atoms with E-state index in [0.29, 0.717) is 12.3 Å². The summed E-state index contributed by atoms with van der Waals surface area (Å²) in [6.45, 7) is 5.23. The van der Waals surface area contributed by atoms with Crippen LogP contribution >= 0.6 is 0 Å². The molecule has 0 aromatic rings. The maximum absolute atomic E-state index is 11.8. The SMILES string of the molecule is CCC(CC)CC(=O)CC(OC(C)=O)C(=O)OC. The summed E-state index contributed by atoms with van der Waals surface area (Å²) in [7, 11) is 1.20. The molecule has 0 aliphatic carbocycles. The zero-order valence-electron chi connectivity index (χ0n) is 11.5. The lowest BCUT2D eigenvalue weighted by Gasteiger charge is -2.16. The van der Waals surface area contributed by atoms with E-state index in [4.69, 9.17) is 4.74 Å². The zero-order chi connectivity index (χ0) is 14.1. The third-order valence-corrected chi connectivity index (χ3v) is 2.86. The van der Waals surface area contributed by atoms with Crippen LogP contribution in [0.3, 0.4) is 0 Å². The van der Waals surface area contributed by atoms with E-state index >= 15 is 0 Å². The average molecular weight is 258 g/mol. The number of hydrogen-bond donors (Lipinski definition) is 0. The van der Waals surface area contributed by atoms with E-state index in [1.807, 2.05) is 13.8 Å². The second-order valence-electron chi connectivity index (χ2n) is 4.25. The Balaban J connectivity index is 4.43. The first-order valence-electron chi connectivity index (χ1n) is 6.21. The van der Waals surface area contributed by atoms with Crippen LogP contribution in [-0.2, 0) is 23.9 Å². The minimum absolute atomic E-state index is 0.0830. The molecular weight excluding hydrogens is 236 g/mol. The van der Waals surface area contributed by atoms with Crippen LogP contribution in [0.2, 0.25) is 0 Å². The molecule has 0 aromatic heterocycles. The summed E-state index contributed by atoms with van der Waals surface area (Å²) in [6, 6.07) is 0. The predicted molar refractivity (Wildman–Crippen MR) is 65.9 cm³/mol. The van der Waals surface area contributed by atoms with Gasteiger partial charge in [0.2, 0.25) is 6.10 Å². The molecule has 5 heteroatoms. The Hall–Kier alpha value is -1.39. The van der Waals surface area contributed by atoms with Gasteiger partial charge in [-0.2, -0.15) is 0 Å². The lowest BCUT2D eigenvalue weighted by molar-refractivity contribution is -0.166. The summed E-state index contributed by atoms with van der Waals surface area (Å²) in [5, 5.41) is 0. The van der Waals surface area contributed by atoms with Crippen molar-refractivity contribution in [1.82, 2.24) is 0 Å². The van der Waals surface area contributed by atoms with Crippen molar-refractivity contribution in [2.45, 2.75) is 52.6 Å². The largest absolute Gasteiger partial charge is 0.466 e. The monoisotopic (exact) mass is 258 g/mol. The lowest BCUT2D eigenvalue weighted by atomic mass is 9.95. The standard InChI is InChI=1S/C13H22O5/c1-5-10(6-2)7-11(15)8-12(13(16)17-4)18-9(3)14/h10,12H,5-8H2,1-4H3. The minimum Gasteiger partial charge on any atom is -0.466 e. The van der Waals surface area contributed by atoms with Gasteiger partial charge >= 0.3 is 11.9 Å². The number of ether oxygens (including phenoxy) is 2. The van der Waals surface area contributed by atoms with Crippen molar-refractivity contribution in [1.29, 1.82) is 0 Å². The Kier molecular flexibility index (Phi) is 8.00. The molecule has 0 radical (unpaired) electrons. The molecule has 1 atom stereocenters. The van der Waals surface area contributed by atoms with E-state index in [-0.39, 0.29) is 12.2 Å². The quantitative estimate of drug-likeness (QED) is 0.622. The van der Waals surface area contributed by atoms with Crippen LogP contribution in [0.15, 0.2) is 0 Å². The van der Waals surface area contributed by atoms with Crippen LogP contribution in [0.4, 0.5) is 0 Å². The molecule has 0 amide bonds. The van der Waals surface area contributed by atoms with Crippen LogP contribution < -0.4 is 0 Å². The number of hydrogen-bond acceptors (Lipinski definition) is 5. The van der Waals surface area contributed by atoms with E-state index in [0.717, 1.165) is 12.8 Å². The first kappa shape index (κ1) is 16.6. The van der Waals surface area contributed by atoms with Gasteiger partial charge in [-0.05, 0) is 5.92 Å². The van der Waals surface area contributed by atoms with Gasteiger partial charge in [0, 0.05) is 13.3 Å². The molecule has 1 unspecified atom stereocenters. The smallest absolute Gasteiger partial charge is 0.347 e. The van der Waals surface area contributed by atoms with E-state index in [2.05, 4.69) is 4.74 Å². The molecule has 0 rings (SSSR count). The Bertz CT molecular complexity index is 294. The molecular formula is C13H22O5. The van der Waals surface area contributed by atoms with Crippen LogP contribution in [0.1, 0.15) is 46.5 Å². The molecule has 18 heavy (non-hydrogen) atoms. The number of methoxy groups -OCH3 is 1. The molecule has 0 aromatic carbocycles. The van der Waals surface area contributed by atoms with Crippen molar-refractivity contribution < 1.29 is 23.9 Å². The summed E-state index contributed by atoms with van der Waals surface area (Å²) in [5.41, 5.74) is 0. The molecule has 0 saturated heterocycles. The van der Waals surface area contributed by atoms with E-state index in [1.165, 1.54) is 14.0 Å². The van der Waals surface area contributed by atoms with E-state index < -0.39 is 18.0 Å². The first-order valence-corrected chi connectivity index (χ1v) is 6.21. The lowest BCUT2D eigenvalue weighted by Crippen LogP contribution is -2.30. The number of rotatable bonds is 8. The number of esters is 2. The van der Waals surface area contributed by atoms with E-state index in [1.54, 1.807) is 0 Å². The summed E-state index contributed by atoms with van der Waals surface area (Å²) in [5.74, 6) is -1.06. The number of carbonyl (C=O) groups excluding carboxylic acids is 3. The van der Waals surface area contributed by atoms with Gasteiger partial charge in [-0.3, -0.25) is 9.59 Å². The summed E-state index contributed by atoms with van der Waals surface area (Å²) < 4.78 is 9.29. The Morgan fingerprint density at radius 2 is 1.61 bits per heavy atom. The molecule has 0 aliphatic rings. The molecule has 0 fully saturated rings. The van der Waals surface area contributed by atoms with Gasteiger partial charge in [-0.15, -0.1) is 0 Å². The van der Waals surface area contributed by atoms with Gasteiger partial charge in [0.15, 0.2) is 0 Å². The van der Waals surface area contributed by atoms with Crippen molar-refractivity contribution in [2.24, 2.45) is 5.92 Å². The number of Topliss-reactive ketones (excluding diaryl/α,β-unsaturated/α-hetero) is 1. The van der Waals surface area contributed by atoms with Crippen molar-refractivity contribution in [3.8, 4) is 0 Å². The molecule has 0 saturated carbocycles. The van der Waals surface area contributed by atoms with Gasteiger partial charge in [-0.1, -0.05) is 26.7 Å². The topological polar surface area (TPSA) is 69.7 Å². The fourth-order valence-electron chi connectivity index (χ4n) is 1.69. The van der Waals surface area contributed by atoms with Gasteiger partial charge in [0.05, 0.1) is 13.5 Å². The molecule has 0 N–H and O–H groups in total. The highest BCUT2D eigenvalue weighted by molar-refractivity contribution is 5.87. The maximum atomic E-state index is 11.8. The molecule has 0 aliphatic heterocycles. The highest BCUT2D eigenvalue weighted by atomic mass is 16.6. The van der Waals surface area contributed by atoms with Crippen LogP contribution in [0, 0.1) is 5.92 Å². The Morgan fingerprint density at radius 3 is 2.00 bits per heavy atom. The predicted octanol–water partition coefficient (Wildman–Crippen LogP) is 1.88. The van der Waals surface area contributed by atoms with Crippen molar-refractivity contribution in [3.05, 3.63) is 0 Å². The summed E-state index contributed by atoms with van der Waals surface area (Å²) >= 11 is 0. The second-order valence-corrected chi connectivity index (χ2v) is 4.25. The minimum atomic E-state index is -1.12. The van der Waals surface area contributed by atoms with Gasteiger partial charge < -0.3 is 9.47 Å². The van der Waals surface area contributed by atoms with E-state index in [9.17, 15) is 14.4 Å². The molecule has 0 bridgehead atoms. The third-order valence-electron chi connectivity index (χ3n) is 2.86. The highest BCUT2D eigenvalue weighted by Gasteiger charge is 2.26. The second kappa shape index (κ2) is 8.66. The van der Waals surface area contributed by atoms with Crippen LogP contribution in [-0.4, -0.2) is 30.9 Å². The Morgan fingerprint density at radius 1 is 1.06 bits per heavy atom. The fraction of sp³-hybridized carbons (Fsp3) is 0.769. The average Bonchev–Trinajstić information content (AvgIpc) is 2.33. The van der Waals surface area contributed by atoms with Gasteiger partial charge in [0.25, 0.3) is 0 Å². The van der Waals surface area contributed by atoms with Crippen molar-refractivity contribution >= 4 is 17.7 Å². The number of ketones is 1. The molecule has 5 nitrogen and oxygen atoms in total. The fourth-order valence-corrected chi connectivity index (χ4v) is 1.69. The van der Waals surface area contributed by atoms with Crippen molar-refractivity contribution in [2.75, 3.05) is 7.11 Å². The summed E-state index contributed by atoms with van der Waals surface area (Å²) in [4.78, 5) is 34.0. The zero-order valence-corrected chi connectivity index (χ0v) is 11.5. The Labute approximate surface area is 108 Å². The molecule has 0 heterocycles.